The maximum absolute atomic E-state index is 11.9. The number of amides is 2. The highest BCUT2D eigenvalue weighted by Crippen LogP contribution is 2.26. The first-order valence-electron chi connectivity index (χ1n) is 6.97. The lowest BCUT2D eigenvalue weighted by Gasteiger charge is -2.15. The van der Waals surface area contributed by atoms with Gasteiger partial charge >= 0.3 is 6.03 Å². The second-order valence-corrected chi connectivity index (χ2v) is 7.28. The first-order valence-corrected chi connectivity index (χ1v) is 8.68. The Hall–Kier alpha value is -1.60. The molecule has 1 fully saturated rings. The van der Waals surface area contributed by atoms with Crippen LogP contribution >= 0.6 is 0 Å². The van der Waals surface area contributed by atoms with Crippen LogP contribution in [0.4, 0.5) is 10.5 Å². The van der Waals surface area contributed by atoms with Gasteiger partial charge in [-0.05, 0) is 43.7 Å². The molecule has 0 spiro atoms. The van der Waals surface area contributed by atoms with Gasteiger partial charge in [0.05, 0.1) is 5.75 Å². The molecule has 0 aliphatic heterocycles. The molecule has 2 rings (SSSR count). The van der Waals surface area contributed by atoms with E-state index in [0.29, 0.717) is 6.42 Å². The van der Waals surface area contributed by atoms with Crippen LogP contribution in [0.5, 0.6) is 0 Å². The number of nitrogens with two attached hydrogens (primary N) is 1. The highest BCUT2D eigenvalue weighted by molar-refractivity contribution is 7.89. The molecule has 0 heterocycles. The van der Waals surface area contributed by atoms with E-state index in [4.69, 9.17) is 5.14 Å². The largest absolute Gasteiger partial charge is 0.335 e. The Balaban J connectivity index is 1.83. The zero-order chi connectivity index (χ0) is 15.5. The summed E-state index contributed by atoms with van der Waals surface area (Å²) in [6.45, 7) is 1.92. The minimum atomic E-state index is -3.44. The molecule has 2 atom stereocenters. The number of benzene rings is 1. The molecule has 6 nitrogen and oxygen atoms in total. The summed E-state index contributed by atoms with van der Waals surface area (Å²) >= 11 is 0. The highest BCUT2D eigenvalue weighted by atomic mass is 32.2. The van der Waals surface area contributed by atoms with Crippen molar-refractivity contribution in [2.24, 2.45) is 11.1 Å². The van der Waals surface area contributed by atoms with Gasteiger partial charge in [-0.1, -0.05) is 18.2 Å². The van der Waals surface area contributed by atoms with Crippen molar-refractivity contribution < 1.29 is 13.2 Å². The van der Waals surface area contributed by atoms with Crippen LogP contribution < -0.4 is 15.8 Å². The lowest BCUT2D eigenvalue weighted by Crippen LogP contribution is -2.36. The number of carbonyl (C=O) groups excluding carboxylic acids is 1. The van der Waals surface area contributed by atoms with E-state index in [1.165, 1.54) is 0 Å². The molecule has 21 heavy (non-hydrogen) atoms. The molecular weight excluding hydrogens is 290 g/mol. The summed E-state index contributed by atoms with van der Waals surface area (Å²) in [4.78, 5) is 11.9. The molecule has 1 aromatic carbocycles. The van der Waals surface area contributed by atoms with Gasteiger partial charge in [0.2, 0.25) is 10.0 Å². The SMILES string of the molecule is Cc1ccccc1NC(=O)N[C@@H]1CC[C@H](CS(N)(=O)=O)C1. The average Bonchev–Trinajstić information content (AvgIpc) is 2.77. The molecule has 116 valence electrons. The molecule has 2 amide bonds. The number of nitrogens with one attached hydrogen (secondary N) is 2. The van der Waals surface area contributed by atoms with Gasteiger partial charge in [-0.3, -0.25) is 0 Å². The Kier molecular flexibility index (Phi) is 4.84. The quantitative estimate of drug-likeness (QED) is 0.786. The standard InChI is InChI=1S/C14H21N3O3S/c1-10-4-2-3-5-13(10)17-14(18)16-12-7-6-11(8-12)9-21(15,19)20/h2-5,11-12H,6-9H2,1H3,(H2,15,19,20)(H2,16,17,18)/t11-,12+/m0/s1. The van der Waals surface area contributed by atoms with E-state index in [1.807, 2.05) is 31.2 Å². The van der Waals surface area contributed by atoms with Crippen LogP contribution in [0.1, 0.15) is 24.8 Å². The molecule has 1 aliphatic rings. The van der Waals surface area contributed by atoms with Crippen molar-refractivity contribution in [1.29, 1.82) is 0 Å². The van der Waals surface area contributed by atoms with Crippen LogP contribution in [-0.4, -0.2) is 26.2 Å². The van der Waals surface area contributed by atoms with Crippen molar-refractivity contribution >= 4 is 21.7 Å². The van der Waals surface area contributed by atoms with E-state index in [-0.39, 0.29) is 23.7 Å². The molecular formula is C14H21N3O3S. The van der Waals surface area contributed by atoms with Crippen molar-refractivity contribution in [3.63, 3.8) is 0 Å². The smallest absolute Gasteiger partial charge is 0.319 e. The monoisotopic (exact) mass is 311 g/mol. The Morgan fingerprint density at radius 2 is 2.05 bits per heavy atom. The van der Waals surface area contributed by atoms with E-state index >= 15 is 0 Å². The number of primary sulfonamides is 1. The Labute approximate surface area is 125 Å². The van der Waals surface area contributed by atoms with Crippen molar-refractivity contribution in [2.45, 2.75) is 32.2 Å². The molecule has 0 aromatic heterocycles. The third-order valence-corrected chi connectivity index (χ3v) is 4.67. The number of anilines is 1. The van der Waals surface area contributed by atoms with Gasteiger partial charge in [0, 0.05) is 11.7 Å². The first-order chi connectivity index (χ1) is 9.83. The molecule has 1 aromatic rings. The van der Waals surface area contributed by atoms with Crippen LogP contribution in [0.25, 0.3) is 0 Å². The lowest BCUT2D eigenvalue weighted by molar-refractivity contribution is 0.248. The van der Waals surface area contributed by atoms with Gasteiger partial charge < -0.3 is 10.6 Å². The fourth-order valence-corrected chi connectivity index (χ4v) is 3.70. The fraction of sp³-hybridized carbons (Fsp3) is 0.500. The van der Waals surface area contributed by atoms with Crippen LogP contribution in [0, 0.1) is 12.8 Å². The van der Waals surface area contributed by atoms with Gasteiger partial charge in [-0.15, -0.1) is 0 Å². The van der Waals surface area contributed by atoms with E-state index in [0.717, 1.165) is 24.1 Å². The topological polar surface area (TPSA) is 101 Å². The number of sulfonamides is 1. The van der Waals surface area contributed by atoms with Gasteiger partial charge in [0.1, 0.15) is 0 Å². The molecule has 1 saturated carbocycles. The molecule has 0 saturated heterocycles. The van der Waals surface area contributed by atoms with Gasteiger partial charge in [-0.25, -0.2) is 18.4 Å². The highest BCUT2D eigenvalue weighted by Gasteiger charge is 2.28. The number of rotatable bonds is 4. The predicted octanol–water partition coefficient (Wildman–Crippen LogP) is 1.57. The minimum Gasteiger partial charge on any atom is -0.335 e. The maximum atomic E-state index is 11.9. The van der Waals surface area contributed by atoms with Crippen molar-refractivity contribution in [1.82, 2.24) is 5.32 Å². The summed E-state index contributed by atoms with van der Waals surface area (Å²) in [5.74, 6) is 0.0219. The molecule has 0 unspecified atom stereocenters. The Bertz CT molecular complexity index is 616. The second-order valence-electron chi connectivity index (χ2n) is 5.62. The van der Waals surface area contributed by atoms with Crippen molar-refractivity contribution in [3.05, 3.63) is 29.8 Å². The van der Waals surface area contributed by atoms with Crippen LogP contribution in [0.2, 0.25) is 0 Å². The molecule has 0 radical (unpaired) electrons. The summed E-state index contributed by atoms with van der Waals surface area (Å²) in [7, 11) is -3.44. The summed E-state index contributed by atoms with van der Waals surface area (Å²) in [5, 5.41) is 10.7. The zero-order valence-electron chi connectivity index (χ0n) is 12.0. The third-order valence-electron chi connectivity index (χ3n) is 3.74. The predicted molar refractivity (Wildman–Crippen MR) is 82.4 cm³/mol. The number of hydrogen-bond donors (Lipinski definition) is 3. The number of urea groups is 1. The lowest BCUT2D eigenvalue weighted by atomic mass is 10.1. The van der Waals surface area contributed by atoms with Crippen LogP contribution in [0.15, 0.2) is 24.3 Å². The number of aryl methyl sites for hydroxylation is 1. The Morgan fingerprint density at radius 3 is 2.71 bits per heavy atom. The Morgan fingerprint density at radius 1 is 1.33 bits per heavy atom. The summed E-state index contributed by atoms with van der Waals surface area (Å²) in [5.41, 5.74) is 1.76. The minimum absolute atomic E-state index is 0.000711. The number of carbonyl (C=O) groups is 1. The van der Waals surface area contributed by atoms with Crippen LogP contribution in [-0.2, 0) is 10.0 Å². The third kappa shape index (κ3) is 5.02. The van der Waals surface area contributed by atoms with E-state index < -0.39 is 10.0 Å². The normalized spacial score (nSPS) is 22.0. The summed E-state index contributed by atoms with van der Waals surface area (Å²) in [6, 6.07) is 7.28. The zero-order valence-corrected chi connectivity index (χ0v) is 12.8. The number of hydrogen-bond acceptors (Lipinski definition) is 3. The van der Waals surface area contributed by atoms with Gasteiger partial charge in [-0.2, -0.15) is 0 Å². The average molecular weight is 311 g/mol. The van der Waals surface area contributed by atoms with Crippen LogP contribution in [0.3, 0.4) is 0 Å². The molecule has 0 bridgehead atoms. The van der Waals surface area contributed by atoms with Crippen molar-refractivity contribution in [3.8, 4) is 0 Å². The van der Waals surface area contributed by atoms with E-state index in [9.17, 15) is 13.2 Å². The van der Waals surface area contributed by atoms with Crippen molar-refractivity contribution in [2.75, 3.05) is 11.1 Å². The van der Waals surface area contributed by atoms with Gasteiger partial charge in [0.25, 0.3) is 0 Å². The molecule has 1 aliphatic carbocycles. The molecule has 4 N–H and O–H groups in total. The van der Waals surface area contributed by atoms with E-state index in [2.05, 4.69) is 10.6 Å². The van der Waals surface area contributed by atoms with Gasteiger partial charge in [0.15, 0.2) is 0 Å². The summed E-state index contributed by atoms with van der Waals surface area (Å²) in [6.07, 6.45) is 2.20. The first kappa shape index (κ1) is 15.8. The fourth-order valence-electron chi connectivity index (χ4n) is 2.74. The summed E-state index contributed by atoms with van der Waals surface area (Å²) < 4.78 is 22.1. The molecule has 7 heteroatoms. The van der Waals surface area contributed by atoms with E-state index in [1.54, 1.807) is 0 Å². The maximum Gasteiger partial charge on any atom is 0.319 e. The second kappa shape index (κ2) is 6.44. The number of para-hydroxylation sites is 1.